The molecule has 1 aliphatic rings. The van der Waals surface area contributed by atoms with Gasteiger partial charge in [-0.25, -0.2) is 13.2 Å². The molecule has 0 amide bonds. The van der Waals surface area contributed by atoms with Crippen LogP contribution in [0.3, 0.4) is 0 Å². The molecule has 1 saturated carbocycles. The van der Waals surface area contributed by atoms with Gasteiger partial charge in [0, 0.05) is 12.6 Å². The largest absolute Gasteiger partial charge is 0.310 e. The topological polar surface area (TPSA) is 12.0 Å². The standard InChI is InChI=1S/C10H10F3N/c11-8-3-6(4-9(12)10(8)13)5-14-7-1-2-7/h3-4,7,14H,1-2,5H2. The summed E-state index contributed by atoms with van der Waals surface area (Å²) in [5.74, 6) is -3.66. The molecule has 0 spiro atoms. The summed E-state index contributed by atoms with van der Waals surface area (Å²) in [6.07, 6.45) is 2.21. The number of rotatable bonds is 3. The van der Waals surface area contributed by atoms with E-state index in [1.165, 1.54) is 0 Å². The van der Waals surface area contributed by atoms with Crippen LogP contribution in [0.2, 0.25) is 0 Å². The van der Waals surface area contributed by atoms with Gasteiger partial charge >= 0.3 is 0 Å². The molecule has 1 aliphatic carbocycles. The number of halogens is 3. The number of hydrogen-bond acceptors (Lipinski definition) is 1. The van der Waals surface area contributed by atoms with E-state index < -0.39 is 17.5 Å². The molecule has 1 aromatic carbocycles. The second kappa shape index (κ2) is 3.61. The first kappa shape index (κ1) is 9.52. The quantitative estimate of drug-likeness (QED) is 0.740. The lowest BCUT2D eigenvalue weighted by molar-refractivity contribution is 0.444. The molecule has 0 atom stereocenters. The number of nitrogens with one attached hydrogen (secondary N) is 1. The molecule has 0 heterocycles. The van der Waals surface area contributed by atoms with Crippen LogP contribution in [0.25, 0.3) is 0 Å². The van der Waals surface area contributed by atoms with E-state index in [4.69, 9.17) is 0 Å². The van der Waals surface area contributed by atoms with Crippen LogP contribution in [0.4, 0.5) is 13.2 Å². The summed E-state index contributed by atoms with van der Waals surface area (Å²) in [7, 11) is 0. The summed E-state index contributed by atoms with van der Waals surface area (Å²) in [6.45, 7) is 0.388. The van der Waals surface area contributed by atoms with Gasteiger partial charge in [0.15, 0.2) is 17.5 Å². The molecule has 1 N–H and O–H groups in total. The fourth-order valence-corrected chi connectivity index (χ4v) is 1.26. The van der Waals surface area contributed by atoms with Gasteiger partial charge in [-0.3, -0.25) is 0 Å². The Morgan fingerprint density at radius 3 is 2.21 bits per heavy atom. The molecule has 0 bridgehead atoms. The summed E-state index contributed by atoms with van der Waals surface area (Å²) >= 11 is 0. The van der Waals surface area contributed by atoms with E-state index >= 15 is 0 Å². The van der Waals surface area contributed by atoms with Crippen molar-refractivity contribution in [3.05, 3.63) is 35.1 Å². The van der Waals surface area contributed by atoms with Crippen LogP contribution in [0.15, 0.2) is 12.1 Å². The van der Waals surface area contributed by atoms with E-state index in [1.807, 2.05) is 0 Å². The maximum absolute atomic E-state index is 12.7. The zero-order valence-electron chi connectivity index (χ0n) is 7.49. The SMILES string of the molecule is Fc1cc(CNC2CC2)cc(F)c1F. The minimum Gasteiger partial charge on any atom is -0.310 e. The van der Waals surface area contributed by atoms with Crippen molar-refractivity contribution in [2.75, 3.05) is 0 Å². The smallest absolute Gasteiger partial charge is 0.194 e. The second-order valence-electron chi connectivity index (χ2n) is 3.53. The minimum absolute atomic E-state index is 0.388. The van der Waals surface area contributed by atoms with Crippen LogP contribution >= 0.6 is 0 Å². The van der Waals surface area contributed by atoms with Gasteiger partial charge in [-0.15, -0.1) is 0 Å². The maximum Gasteiger partial charge on any atom is 0.194 e. The van der Waals surface area contributed by atoms with E-state index in [-0.39, 0.29) is 0 Å². The van der Waals surface area contributed by atoms with Gasteiger partial charge in [-0.2, -0.15) is 0 Å². The van der Waals surface area contributed by atoms with Gasteiger partial charge in [0.1, 0.15) is 0 Å². The zero-order chi connectivity index (χ0) is 10.1. The lowest BCUT2D eigenvalue weighted by Gasteiger charge is -2.04. The van der Waals surface area contributed by atoms with Gasteiger partial charge < -0.3 is 5.32 Å². The van der Waals surface area contributed by atoms with Crippen LogP contribution in [-0.2, 0) is 6.54 Å². The highest BCUT2D eigenvalue weighted by Crippen LogP contribution is 2.20. The average Bonchev–Trinajstić information content (AvgIpc) is 2.94. The lowest BCUT2D eigenvalue weighted by Crippen LogP contribution is -2.15. The summed E-state index contributed by atoms with van der Waals surface area (Å²) < 4.78 is 38.0. The summed E-state index contributed by atoms with van der Waals surface area (Å²) in [6, 6.07) is 2.51. The van der Waals surface area contributed by atoms with Crippen molar-refractivity contribution in [1.29, 1.82) is 0 Å². The molecule has 0 radical (unpaired) electrons. The normalized spacial score (nSPS) is 15.9. The van der Waals surface area contributed by atoms with Crippen molar-refractivity contribution in [1.82, 2.24) is 5.32 Å². The molecule has 2 rings (SSSR count). The van der Waals surface area contributed by atoms with E-state index in [1.54, 1.807) is 0 Å². The minimum atomic E-state index is -1.40. The molecule has 0 aromatic heterocycles. The molecule has 0 saturated heterocycles. The van der Waals surface area contributed by atoms with E-state index in [0.717, 1.165) is 25.0 Å². The van der Waals surface area contributed by atoms with Gasteiger partial charge in [0.2, 0.25) is 0 Å². The first-order valence-corrected chi connectivity index (χ1v) is 4.53. The van der Waals surface area contributed by atoms with Gasteiger partial charge in [0.05, 0.1) is 0 Å². The van der Waals surface area contributed by atoms with Crippen molar-refractivity contribution in [2.24, 2.45) is 0 Å². The molecule has 1 nitrogen and oxygen atoms in total. The molecule has 76 valence electrons. The Balaban J connectivity index is 2.08. The average molecular weight is 201 g/mol. The van der Waals surface area contributed by atoms with Crippen LogP contribution in [-0.4, -0.2) is 6.04 Å². The highest BCUT2D eigenvalue weighted by atomic mass is 19.2. The maximum atomic E-state index is 12.7. The first-order chi connectivity index (χ1) is 6.66. The number of benzene rings is 1. The van der Waals surface area contributed by atoms with Gasteiger partial charge in [-0.05, 0) is 30.5 Å². The predicted molar refractivity (Wildman–Crippen MR) is 46.2 cm³/mol. The van der Waals surface area contributed by atoms with Crippen LogP contribution in [0, 0.1) is 17.5 Å². The summed E-state index contributed by atoms with van der Waals surface area (Å²) in [5.41, 5.74) is 0.438. The van der Waals surface area contributed by atoms with Crippen molar-refractivity contribution in [3.63, 3.8) is 0 Å². The van der Waals surface area contributed by atoms with E-state index in [0.29, 0.717) is 18.2 Å². The Kier molecular flexibility index (Phi) is 2.46. The Hall–Kier alpha value is -1.03. The van der Waals surface area contributed by atoms with Crippen molar-refractivity contribution < 1.29 is 13.2 Å². The van der Waals surface area contributed by atoms with Crippen LogP contribution in [0.5, 0.6) is 0 Å². The van der Waals surface area contributed by atoms with Gasteiger partial charge in [0.25, 0.3) is 0 Å². The summed E-state index contributed by atoms with van der Waals surface area (Å²) in [4.78, 5) is 0. The van der Waals surface area contributed by atoms with Crippen LogP contribution < -0.4 is 5.32 Å². The Labute approximate surface area is 79.9 Å². The summed E-state index contributed by atoms with van der Waals surface area (Å²) in [5, 5.41) is 3.09. The van der Waals surface area contributed by atoms with Crippen molar-refractivity contribution in [3.8, 4) is 0 Å². The molecular weight excluding hydrogens is 191 g/mol. The molecule has 1 aromatic rings. The van der Waals surface area contributed by atoms with Crippen molar-refractivity contribution in [2.45, 2.75) is 25.4 Å². The van der Waals surface area contributed by atoms with Crippen LogP contribution in [0.1, 0.15) is 18.4 Å². The predicted octanol–water partition coefficient (Wildman–Crippen LogP) is 2.36. The number of hydrogen-bond donors (Lipinski definition) is 1. The third-order valence-electron chi connectivity index (χ3n) is 2.22. The zero-order valence-corrected chi connectivity index (χ0v) is 7.49. The second-order valence-corrected chi connectivity index (χ2v) is 3.53. The molecule has 4 heteroatoms. The Morgan fingerprint density at radius 1 is 1.14 bits per heavy atom. The molecule has 14 heavy (non-hydrogen) atoms. The monoisotopic (exact) mass is 201 g/mol. The molecule has 0 aliphatic heterocycles. The van der Waals surface area contributed by atoms with E-state index in [9.17, 15) is 13.2 Å². The lowest BCUT2D eigenvalue weighted by atomic mass is 10.2. The third-order valence-corrected chi connectivity index (χ3v) is 2.22. The Bertz CT molecular complexity index is 324. The highest BCUT2D eigenvalue weighted by Gasteiger charge is 2.20. The molecular formula is C10H10F3N. The van der Waals surface area contributed by atoms with E-state index in [2.05, 4.69) is 5.32 Å². The third kappa shape index (κ3) is 2.07. The fraction of sp³-hybridized carbons (Fsp3) is 0.400. The molecule has 1 fully saturated rings. The highest BCUT2D eigenvalue weighted by molar-refractivity contribution is 5.19. The van der Waals surface area contributed by atoms with Crippen molar-refractivity contribution >= 4 is 0 Å². The fourth-order valence-electron chi connectivity index (χ4n) is 1.26. The van der Waals surface area contributed by atoms with Gasteiger partial charge in [-0.1, -0.05) is 0 Å². The molecule has 0 unspecified atom stereocenters. The Morgan fingerprint density at radius 2 is 1.71 bits per heavy atom. The first-order valence-electron chi connectivity index (χ1n) is 4.53.